The van der Waals surface area contributed by atoms with E-state index in [-0.39, 0.29) is 12.8 Å². The number of nitrogens with two attached hydrogens (primary N) is 5. The Labute approximate surface area is 102 Å². The zero-order valence-corrected chi connectivity index (χ0v) is 9.54. The number of carbonyl (C=O) groups is 4. The summed E-state index contributed by atoms with van der Waals surface area (Å²) in [7, 11) is 0. The zero-order valence-electron chi connectivity index (χ0n) is 9.54. The van der Waals surface area contributed by atoms with Crippen LogP contribution in [-0.2, 0) is 19.2 Å². The fourth-order valence-electron chi connectivity index (χ4n) is 0.621. The van der Waals surface area contributed by atoms with Gasteiger partial charge >= 0.3 is 5.97 Å². The van der Waals surface area contributed by atoms with Crippen LogP contribution in [0.15, 0.2) is 0 Å². The highest BCUT2D eigenvalue weighted by Gasteiger charge is 2.13. The van der Waals surface area contributed by atoms with Crippen molar-refractivity contribution in [1.29, 1.82) is 0 Å². The van der Waals surface area contributed by atoms with Gasteiger partial charge in [-0.15, -0.1) is 0 Å². The second-order valence-corrected chi connectivity index (χ2v) is 3.29. The molecule has 104 valence electrons. The summed E-state index contributed by atoms with van der Waals surface area (Å²) >= 11 is 0. The smallest absolute Gasteiger partial charge is 0.321 e. The standard InChI is InChI=1S/C4H9N3O2.C4H8N2O3/c5-2(4(7)9)1-3(6)8;5-2(4(8)9)1-3(6)7/h2H,1,5H2,(H2,6,8)(H2,7,9);2H,1,5H2,(H2,6,7)(H,8,9). The summed E-state index contributed by atoms with van der Waals surface area (Å²) in [6, 6.07) is -2.11. The molecular weight excluding hydrogens is 246 g/mol. The second-order valence-electron chi connectivity index (χ2n) is 3.29. The zero-order chi connectivity index (χ0) is 14.9. The van der Waals surface area contributed by atoms with Crippen molar-refractivity contribution in [2.45, 2.75) is 24.9 Å². The fraction of sp³-hybridized carbons (Fsp3) is 0.500. The topological polar surface area (TPSA) is 219 Å². The molecule has 10 heteroatoms. The third-order valence-electron chi connectivity index (χ3n) is 1.52. The lowest BCUT2D eigenvalue weighted by atomic mass is 10.2. The Morgan fingerprint density at radius 3 is 1.28 bits per heavy atom. The van der Waals surface area contributed by atoms with Gasteiger partial charge in [0.25, 0.3) is 0 Å². The van der Waals surface area contributed by atoms with E-state index in [2.05, 4.69) is 5.73 Å². The van der Waals surface area contributed by atoms with Crippen LogP contribution in [0.5, 0.6) is 0 Å². The van der Waals surface area contributed by atoms with E-state index in [1.54, 1.807) is 0 Å². The number of carboxylic acids is 1. The summed E-state index contributed by atoms with van der Waals surface area (Å²) in [5.41, 5.74) is 24.0. The molecule has 0 aliphatic heterocycles. The van der Waals surface area contributed by atoms with Gasteiger partial charge in [-0.25, -0.2) is 0 Å². The summed E-state index contributed by atoms with van der Waals surface area (Å²) in [6.45, 7) is 0. The van der Waals surface area contributed by atoms with Crippen molar-refractivity contribution in [2.24, 2.45) is 28.7 Å². The molecule has 0 saturated heterocycles. The number of amides is 3. The first-order chi connectivity index (χ1) is 8.07. The van der Waals surface area contributed by atoms with Crippen LogP contribution < -0.4 is 28.7 Å². The lowest BCUT2D eigenvalue weighted by Crippen LogP contribution is -2.39. The SMILES string of the molecule is NC(=O)CC(N)C(=O)O.NC(=O)CC(N)C(N)=O. The Balaban J connectivity index is 0. The van der Waals surface area contributed by atoms with E-state index in [0.717, 1.165) is 0 Å². The molecule has 0 radical (unpaired) electrons. The normalized spacial score (nSPS) is 12.6. The van der Waals surface area contributed by atoms with E-state index >= 15 is 0 Å². The fourth-order valence-corrected chi connectivity index (χ4v) is 0.621. The van der Waals surface area contributed by atoms with Gasteiger partial charge < -0.3 is 33.8 Å². The Morgan fingerprint density at radius 2 is 1.17 bits per heavy atom. The minimum absolute atomic E-state index is 0.185. The van der Waals surface area contributed by atoms with Gasteiger partial charge in [-0.1, -0.05) is 0 Å². The van der Waals surface area contributed by atoms with Crippen LogP contribution in [-0.4, -0.2) is 40.9 Å². The van der Waals surface area contributed by atoms with Crippen LogP contribution in [0.4, 0.5) is 0 Å². The van der Waals surface area contributed by atoms with Gasteiger partial charge in [0.05, 0.1) is 18.9 Å². The number of carboxylic acid groups (broad SMARTS) is 1. The van der Waals surface area contributed by atoms with E-state index in [1.165, 1.54) is 0 Å². The van der Waals surface area contributed by atoms with Crippen molar-refractivity contribution >= 4 is 23.7 Å². The predicted octanol–water partition coefficient (Wildman–Crippen LogP) is -4.05. The molecule has 0 rings (SSSR count). The van der Waals surface area contributed by atoms with E-state index < -0.39 is 35.8 Å². The summed E-state index contributed by atoms with van der Waals surface area (Å²) in [4.78, 5) is 40.1. The molecule has 0 bridgehead atoms. The predicted molar refractivity (Wildman–Crippen MR) is 60.4 cm³/mol. The third kappa shape index (κ3) is 11.9. The van der Waals surface area contributed by atoms with Gasteiger partial charge in [-0.2, -0.15) is 0 Å². The molecule has 0 aliphatic rings. The van der Waals surface area contributed by atoms with Crippen LogP contribution >= 0.6 is 0 Å². The summed E-state index contributed by atoms with van der Waals surface area (Å²) < 4.78 is 0. The Bertz CT molecular complexity index is 300. The molecule has 2 atom stereocenters. The maximum Gasteiger partial charge on any atom is 0.321 e. The van der Waals surface area contributed by atoms with Crippen LogP contribution in [0.25, 0.3) is 0 Å². The molecule has 11 N–H and O–H groups in total. The molecule has 0 aromatic heterocycles. The molecule has 2 unspecified atom stereocenters. The molecule has 0 fully saturated rings. The lowest BCUT2D eigenvalue weighted by molar-refractivity contribution is -0.140. The molecule has 10 nitrogen and oxygen atoms in total. The van der Waals surface area contributed by atoms with Gasteiger partial charge in [0.1, 0.15) is 6.04 Å². The van der Waals surface area contributed by atoms with Crippen molar-refractivity contribution in [3.63, 3.8) is 0 Å². The first-order valence-corrected chi connectivity index (χ1v) is 4.67. The van der Waals surface area contributed by atoms with E-state index in [1.807, 2.05) is 0 Å². The number of hydrogen-bond acceptors (Lipinski definition) is 6. The van der Waals surface area contributed by atoms with Crippen LogP contribution in [0, 0.1) is 0 Å². The first kappa shape index (κ1) is 18.2. The van der Waals surface area contributed by atoms with Gasteiger partial charge in [-0.3, -0.25) is 19.2 Å². The molecule has 0 aromatic rings. The molecule has 0 aromatic carbocycles. The number of aliphatic carboxylic acids is 1. The lowest BCUT2D eigenvalue weighted by Gasteiger charge is -2.01. The van der Waals surface area contributed by atoms with Crippen LogP contribution in [0.2, 0.25) is 0 Å². The number of hydrogen-bond donors (Lipinski definition) is 6. The molecule has 3 amide bonds. The van der Waals surface area contributed by atoms with Gasteiger partial charge in [0.15, 0.2) is 0 Å². The summed E-state index contributed by atoms with van der Waals surface area (Å²) in [5, 5.41) is 8.10. The van der Waals surface area contributed by atoms with Crippen molar-refractivity contribution in [2.75, 3.05) is 0 Å². The minimum atomic E-state index is -1.21. The van der Waals surface area contributed by atoms with E-state index in [4.69, 9.17) is 28.0 Å². The molecular formula is C8H17N5O5. The van der Waals surface area contributed by atoms with Gasteiger partial charge in [0, 0.05) is 0 Å². The molecule has 0 spiro atoms. The van der Waals surface area contributed by atoms with Crippen molar-refractivity contribution < 1.29 is 24.3 Å². The Hall–Kier alpha value is -2.20. The highest BCUT2D eigenvalue weighted by atomic mass is 16.4. The van der Waals surface area contributed by atoms with Crippen molar-refractivity contribution in [3.05, 3.63) is 0 Å². The maximum atomic E-state index is 10.1. The second kappa shape index (κ2) is 8.90. The number of carbonyl (C=O) groups excluding carboxylic acids is 3. The van der Waals surface area contributed by atoms with E-state index in [0.29, 0.717) is 0 Å². The minimum Gasteiger partial charge on any atom is -0.480 e. The van der Waals surface area contributed by atoms with Crippen molar-refractivity contribution in [3.8, 4) is 0 Å². The van der Waals surface area contributed by atoms with E-state index in [9.17, 15) is 19.2 Å². The van der Waals surface area contributed by atoms with Gasteiger partial charge in [-0.05, 0) is 0 Å². The average molecular weight is 263 g/mol. The number of primary amides is 3. The largest absolute Gasteiger partial charge is 0.480 e. The molecule has 18 heavy (non-hydrogen) atoms. The Kier molecular flexibility index (Phi) is 8.98. The quantitative estimate of drug-likeness (QED) is 0.278. The number of rotatable bonds is 6. The third-order valence-corrected chi connectivity index (χ3v) is 1.52. The first-order valence-electron chi connectivity index (χ1n) is 4.67. The molecule has 0 saturated carbocycles. The molecule has 0 aliphatic carbocycles. The van der Waals surface area contributed by atoms with Crippen LogP contribution in [0.1, 0.15) is 12.8 Å². The summed E-state index contributed by atoms with van der Waals surface area (Å²) in [5.74, 6) is -3.26. The molecule has 0 heterocycles. The van der Waals surface area contributed by atoms with Crippen LogP contribution in [0.3, 0.4) is 0 Å². The average Bonchev–Trinajstić information content (AvgIpc) is 2.16. The van der Waals surface area contributed by atoms with Gasteiger partial charge in [0.2, 0.25) is 17.7 Å². The monoisotopic (exact) mass is 263 g/mol. The highest BCUT2D eigenvalue weighted by molar-refractivity contribution is 5.86. The highest BCUT2D eigenvalue weighted by Crippen LogP contribution is 1.84. The maximum absolute atomic E-state index is 10.1. The van der Waals surface area contributed by atoms with Crippen molar-refractivity contribution in [1.82, 2.24) is 0 Å². The summed E-state index contributed by atoms with van der Waals surface area (Å²) in [6.07, 6.45) is -0.495. The Morgan fingerprint density at radius 1 is 0.833 bits per heavy atom.